The van der Waals surface area contributed by atoms with Crippen molar-refractivity contribution in [3.8, 4) is 0 Å². The summed E-state index contributed by atoms with van der Waals surface area (Å²) < 4.78 is 131. The molecule has 0 aliphatic carbocycles. The standard InChI is InChI=1S/C23H30N4O2.C22H25F3N4O2.C21H25F3N6O.C21H24F3N5OS/c1-15(9-18-11-24-20-8-6-5-7-19(18)20)10-21(28)22-12-25-23(29-22)27-13-16(2)26(4)17(3)14-27;1-14(9-15-11-26-17-6-4-3-5-16(15)17)10-18(30)19-12-27-21(31-19)29-8-7-28(2)20(13-29)22(23,24)25;1-13(9-14-11-25-16-6-4-3-5-15(14)16)10-17(31)19-26-20(28-27-19)30-8-7-29(2)18(12-30)21(22,23)24;1-13(9-14-11-25-16-6-4-3-5-15(14)16)10-17(30)19-26-27-20(31-19)29-8-7-28(2)18(12-29)21(22,23)24/h5-8,11-12,15-17,24H,9-10,13-14H2,1-4H3;3-6,11-12,14,20,26H,7-10,13H2,1-2H3;3-6,11,13,18,25H,7-10,12H2,1-2H3,(H,26,27,28);3-6,11,13,18,25H,7-10,12H2,1-2H3/t15?,16-,17-;;;/m1.../s1. The van der Waals surface area contributed by atoms with Crippen LogP contribution in [0.2, 0.25) is 0 Å². The Morgan fingerprint density at radius 2 is 0.787 bits per heavy atom. The number of anilines is 4. The van der Waals surface area contributed by atoms with E-state index in [1.54, 1.807) is 11.1 Å². The van der Waals surface area contributed by atoms with Gasteiger partial charge in [-0.2, -0.15) is 44.5 Å². The van der Waals surface area contributed by atoms with E-state index in [0.717, 1.165) is 105 Å². The molecule has 7 unspecified atom stereocenters. The highest BCUT2D eigenvalue weighted by molar-refractivity contribution is 7.17. The van der Waals surface area contributed by atoms with Crippen LogP contribution in [0.25, 0.3) is 43.6 Å². The number of nitrogens with zero attached hydrogens (tertiary/aromatic N) is 14. The Morgan fingerprint density at radius 3 is 1.19 bits per heavy atom. The molecule has 8 aromatic heterocycles. The van der Waals surface area contributed by atoms with E-state index in [1.807, 2.05) is 124 Å². The number of carbonyl (C=O) groups excluding carboxylic acids is 4. The number of alkyl halides is 9. The highest BCUT2D eigenvalue weighted by Crippen LogP contribution is 2.36. The fourth-order valence-electron chi connectivity index (χ4n) is 16.5. The van der Waals surface area contributed by atoms with Crippen LogP contribution in [0.5, 0.6) is 0 Å². The molecule has 4 saturated heterocycles. The number of ketones is 4. The highest BCUT2D eigenvalue weighted by atomic mass is 32.1. The van der Waals surface area contributed by atoms with Crippen molar-refractivity contribution in [1.29, 1.82) is 0 Å². The first-order valence-corrected chi connectivity index (χ1v) is 41.9. The number of carbonyl (C=O) groups is 4. The number of rotatable bonds is 24. The predicted octanol–water partition coefficient (Wildman–Crippen LogP) is 16.0. The first kappa shape index (κ1) is 89.0. The molecule has 0 amide bonds. The molecule has 122 heavy (non-hydrogen) atoms. The van der Waals surface area contributed by atoms with Crippen molar-refractivity contribution in [1.82, 2.24) is 74.9 Å². The highest BCUT2D eigenvalue weighted by Gasteiger charge is 2.49. The molecule has 0 radical (unpaired) electrons. The average molecular weight is 1710 g/mol. The fraction of sp³-hybridized carbons (Fsp3) is 0.471. The Hall–Kier alpha value is -10.8. The molecule has 0 saturated carbocycles. The summed E-state index contributed by atoms with van der Waals surface area (Å²) in [5.41, 5.74) is 9.00. The van der Waals surface area contributed by atoms with Gasteiger partial charge in [-0.3, -0.25) is 43.9 Å². The number of likely N-dealkylation sites (N-methyl/N-ethyl adjacent to an activating group) is 4. The first-order valence-electron chi connectivity index (χ1n) is 41.1. The van der Waals surface area contributed by atoms with Gasteiger partial charge in [-0.1, -0.05) is 112 Å². The molecule has 4 aliphatic heterocycles. The molecular weight excluding hydrogens is 1610 g/mol. The summed E-state index contributed by atoms with van der Waals surface area (Å²) in [6.07, 6.45) is 2.20. The number of halogens is 9. The van der Waals surface area contributed by atoms with Gasteiger partial charge in [0.1, 0.15) is 18.1 Å². The van der Waals surface area contributed by atoms with Crippen LogP contribution in [-0.2, 0) is 25.7 Å². The fourth-order valence-corrected chi connectivity index (χ4v) is 17.3. The van der Waals surface area contributed by atoms with Crippen LogP contribution in [0.1, 0.15) is 131 Å². The van der Waals surface area contributed by atoms with Crippen LogP contribution in [0.4, 0.5) is 62.6 Å². The second kappa shape index (κ2) is 38.3. The van der Waals surface area contributed by atoms with E-state index in [1.165, 1.54) is 62.8 Å². The third-order valence-electron chi connectivity index (χ3n) is 23.6. The number of piperazine rings is 4. The molecule has 9 atom stereocenters. The molecule has 35 heteroatoms. The Morgan fingerprint density at radius 1 is 0.443 bits per heavy atom. The van der Waals surface area contributed by atoms with Gasteiger partial charge in [0.25, 0.3) is 12.0 Å². The van der Waals surface area contributed by atoms with Gasteiger partial charge in [0.05, 0.1) is 12.4 Å². The van der Waals surface area contributed by atoms with Crippen LogP contribution < -0.4 is 19.6 Å². The summed E-state index contributed by atoms with van der Waals surface area (Å²) in [5.74, 6) is 0.615. The second-order valence-electron chi connectivity index (χ2n) is 33.3. The summed E-state index contributed by atoms with van der Waals surface area (Å²) in [4.78, 5) is 89.3. The van der Waals surface area contributed by atoms with Crippen LogP contribution >= 0.6 is 11.3 Å². The number of hydrogen-bond donors (Lipinski definition) is 5. The lowest BCUT2D eigenvalue weighted by Crippen LogP contribution is -2.57. The number of H-pyrrole nitrogens is 5. The molecule has 4 aliphatic rings. The van der Waals surface area contributed by atoms with E-state index < -0.39 is 36.7 Å². The number of fused-ring (bicyclic) bond motifs is 4. The molecular formula is C87H104F9N19O6S. The molecule has 4 fully saturated rings. The minimum absolute atomic E-state index is 0.0197. The SMILES string of the molecule is CC(CC(=O)c1cnc(N2CCN(C)C(C(F)(F)F)C2)o1)Cc1c[nH]c2ccccc12.CC(CC(=O)c1cnc(N2C[C@@H](C)N(C)[C@H](C)C2)o1)Cc1c[nH]c2ccccc12.CC(CC(=O)c1nc(N2CCN(C)C(C(F)(F)F)C2)n[nH]1)Cc1c[nH]c2ccccc12.CC(CC(=O)c1nnc(N2CCN(C)C(C(F)(F)F)C2)s1)Cc1c[nH]c2ccccc12. The van der Waals surface area contributed by atoms with Crippen molar-refractivity contribution in [2.75, 3.05) is 120 Å². The van der Waals surface area contributed by atoms with Gasteiger partial charge in [0.2, 0.25) is 11.1 Å². The third kappa shape index (κ3) is 21.8. The van der Waals surface area contributed by atoms with Crippen LogP contribution in [0.15, 0.2) is 143 Å². The smallest absolute Gasteiger partial charge is 0.405 e. The van der Waals surface area contributed by atoms with Gasteiger partial charge in [-0.15, -0.1) is 15.3 Å². The third-order valence-corrected chi connectivity index (χ3v) is 24.6. The minimum Gasteiger partial charge on any atom is -0.420 e. The number of para-hydroxylation sites is 4. The Bertz CT molecular complexity index is 5100. The van der Waals surface area contributed by atoms with Gasteiger partial charge in [0.15, 0.2) is 45.5 Å². The molecule has 652 valence electrons. The lowest BCUT2D eigenvalue weighted by Gasteiger charge is -2.41. The molecule has 5 N–H and O–H groups in total. The maximum Gasteiger partial charge on any atom is 0.405 e. The predicted molar refractivity (Wildman–Crippen MR) is 453 cm³/mol. The monoisotopic (exact) mass is 1710 g/mol. The lowest BCUT2D eigenvalue weighted by molar-refractivity contribution is -0.181. The van der Waals surface area contributed by atoms with Crippen LogP contribution in [0, 0.1) is 23.7 Å². The largest absolute Gasteiger partial charge is 0.420 e. The molecule has 25 nitrogen and oxygen atoms in total. The number of nitrogens with one attached hydrogen (secondary N) is 5. The summed E-state index contributed by atoms with van der Waals surface area (Å²) in [7, 11) is 6.53. The number of benzene rings is 4. The zero-order valence-corrected chi connectivity index (χ0v) is 70.7. The number of aromatic nitrogens is 11. The first-order chi connectivity index (χ1) is 58.1. The topological polar surface area (TPSA) is 277 Å². The van der Waals surface area contributed by atoms with Crippen molar-refractivity contribution >= 4 is 101 Å². The summed E-state index contributed by atoms with van der Waals surface area (Å²) in [6, 6.07) is 29.0. The van der Waals surface area contributed by atoms with Crippen molar-refractivity contribution in [2.24, 2.45) is 23.7 Å². The molecule has 12 heterocycles. The van der Waals surface area contributed by atoms with Crippen LogP contribution in [0.3, 0.4) is 0 Å². The van der Waals surface area contributed by atoms with E-state index in [2.05, 4.69) is 111 Å². The molecule has 0 bridgehead atoms. The minimum atomic E-state index is -4.34. The number of oxazole rings is 2. The van der Waals surface area contributed by atoms with E-state index in [4.69, 9.17) is 8.83 Å². The summed E-state index contributed by atoms with van der Waals surface area (Å²) in [6.45, 7) is 15.4. The van der Waals surface area contributed by atoms with E-state index >= 15 is 0 Å². The van der Waals surface area contributed by atoms with Gasteiger partial charge in [-0.05, 0) is 138 Å². The lowest BCUT2D eigenvalue weighted by atomic mass is 9.95. The Labute approximate surface area is 704 Å². The molecule has 4 aromatic carbocycles. The maximum atomic E-state index is 13.3. The van der Waals surface area contributed by atoms with Gasteiger partial charge >= 0.3 is 18.5 Å². The summed E-state index contributed by atoms with van der Waals surface area (Å²) in [5, 5.41) is 19.9. The van der Waals surface area contributed by atoms with Crippen molar-refractivity contribution in [3.63, 3.8) is 0 Å². The Kier molecular flexibility index (Phi) is 28.0. The van der Waals surface area contributed by atoms with Crippen molar-refractivity contribution in [3.05, 3.63) is 179 Å². The molecule has 16 rings (SSSR count). The summed E-state index contributed by atoms with van der Waals surface area (Å²) >= 11 is 1.08. The molecule has 12 aromatic rings. The quantitative estimate of drug-likeness (QED) is 0.0278. The van der Waals surface area contributed by atoms with Gasteiger partial charge in [-0.25, -0.2) is 9.97 Å². The zero-order chi connectivity index (χ0) is 87.1. The van der Waals surface area contributed by atoms with E-state index in [9.17, 15) is 58.7 Å². The van der Waals surface area contributed by atoms with Gasteiger partial charge in [0, 0.05) is 178 Å². The van der Waals surface area contributed by atoms with Crippen molar-refractivity contribution < 1.29 is 67.5 Å². The number of aromatic amines is 5. The van der Waals surface area contributed by atoms with Crippen LogP contribution in [-0.4, -0.2) is 247 Å². The van der Waals surface area contributed by atoms with Gasteiger partial charge < -0.3 is 48.4 Å². The second-order valence-corrected chi connectivity index (χ2v) is 34.2. The van der Waals surface area contributed by atoms with E-state index in [0.29, 0.717) is 61.5 Å². The average Bonchev–Trinajstić information content (AvgIpc) is 1.33. The maximum absolute atomic E-state index is 13.3. The number of Topliss-reactive ketones (excluding diaryl/α,β-unsaturated/α-hetero) is 4. The van der Waals surface area contributed by atoms with E-state index in [-0.39, 0.29) is 127 Å². The van der Waals surface area contributed by atoms with Crippen molar-refractivity contribution in [2.45, 2.75) is 142 Å². The Balaban J connectivity index is 0.000000140. The normalized spacial score (nSPS) is 19.7. The molecule has 0 spiro atoms. The zero-order valence-electron chi connectivity index (χ0n) is 69.9. The number of hydrogen-bond acceptors (Lipinski definition) is 21.